The summed E-state index contributed by atoms with van der Waals surface area (Å²) in [6, 6.07) is 6.36. The van der Waals surface area contributed by atoms with Gasteiger partial charge in [-0.05, 0) is 25.0 Å². The third-order valence-corrected chi connectivity index (χ3v) is 5.22. The molecule has 2 aliphatic heterocycles. The van der Waals surface area contributed by atoms with Crippen molar-refractivity contribution in [1.29, 1.82) is 0 Å². The van der Waals surface area contributed by atoms with Gasteiger partial charge in [-0.25, -0.2) is 0 Å². The van der Waals surface area contributed by atoms with E-state index in [0.717, 1.165) is 76.3 Å². The monoisotopic (exact) mass is 518 g/mol. The van der Waals surface area contributed by atoms with Crippen LogP contribution in [-0.4, -0.2) is 77.1 Å². The first-order valence-electron chi connectivity index (χ1n) is 10.3. The molecule has 2 aliphatic rings. The number of nitrogens with one attached hydrogen (secondary N) is 2. The number of hydrogen-bond donors (Lipinski definition) is 2. The summed E-state index contributed by atoms with van der Waals surface area (Å²) >= 11 is 0. The van der Waals surface area contributed by atoms with Gasteiger partial charge in [0.05, 0.1) is 26.4 Å². The highest BCUT2D eigenvalue weighted by molar-refractivity contribution is 14.0. The van der Waals surface area contributed by atoms with Crippen molar-refractivity contribution < 1.29 is 14.2 Å². The molecule has 2 saturated heterocycles. The molecule has 0 saturated carbocycles. The van der Waals surface area contributed by atoms with Crippen molar-refractivity contribution in [2.24, 2.45) is 10.9 Å². The smallest absolute Gasteiger partial charge is 0.191 e. The van der Waals surface area contributed by atoms with Crippen LogP contribution < -0.4 is 15.4 Å². The maximum absolute atomic E-state index is 6.13. The van der Waals surface area contributed by atoms with Crippen molar-refractivity contribution in [2.75, 3.05) is 66.3 Å². The van der Waals surface area contributed by atoms with Gasteiger partial charge < -0.3 is 24.8 Å². The van der Waals surface area contributed by atoms with Gasteiger partial charge in [0, 0.05) is 57.9 Å². The van der Waals surface area contributed by atoms with Crippen LogP contribution in [0.25, 0.3) is 0 Å². The van der Waals surface area contributed by atoms with E-state index in [9.17, 15) is 0 Å². The lowest BCUT2D eigenvalue weighted by molar-refractivity contribution is 0.0389. The molecule has 2 heterocycles. The summed E-state index contributed by atoms with van der Waals surface area (Å²) in [5.74, 6) is 2.25. The summed E-state index contributed by atoms with van der Waals surface area (Å²) < 4.78 is 17.0. The van der Waals surface area contributed by atoms with E-state index in [0.29, 0.717) is 19.1 Å². The molecule has 2 fully saturated rings. The molecule has 1 aromatic carbocycles. The summed E-state index contributed by atoms with van der Waals surface area (Å²) in [5.41, 5.74) is 2.34. The molecule has 3 rings (SSSR count). The molecule has 2 N–H and O–H groups in total. The molecule has 0 spiro atoms. The predicted octanol–water partition coefficient (Wildman–Crippen LogP) is 2.03. The van der Waals surface area contributed by atoms with Crippen LogP contribution in [0.4, 0.5) is 0 Å². The van der Waals surface area contributed by atoms with E-state index in [-0.39, 0.29) is 24.0 Å². The minimum absolute atomic E-state index is 0. The number of aryl methyl sites for hydroxylation is 1. The highest BCUT2D eigenvalue weighted by atomic mass is 127. The Morgan fingerprint density at radius 1 is 1.21 bits per heavy atom. The topological polar surface area (TPSA) is 67.4 Å². The molecule has 0 bridgehead atoms. The zero-order chi connectivity index (χ0) is 19.6. The van der Waals surface area contributed by atoms with Crippen LogP contribution in [0.5, 0.6) is 5.75 Å². The number of nitrogens with zero attached hydrogens (tertiary/aromatic N) is 2. The van der Waals surface area contributed by atoms with Crippen molar-refractivity contribution in [3.63, 3.8) is 0 Å². The molecule has 0 aliphatic carbocycles. The molecule has 1 unspecified atom stereocenters. The fourth-order valence-corrected chi connectivity index (χ4v) is 3.42. The quantitative estimate of drug-likeness (QED) is 0.312. The first-order valence-corrected chi connectivity index (χ1v) is 10.3. The van der Waals surface area contributed by atoms with Gasteiger partial charge >= 0.3 is 0 Å². The molecule has 8 heteroatoms. The molecule has 0 radical (unpaired) electrons. The third-order valence-electron chi connectivity index (χ3n) is 5.22. The molecule has 164 valence electrons. The summed E-state index contributed by atoms with van der Waals surface area (Å²) in [6.45, 7) is 10.7. The zero-order valence-corrected chi connectivity index (χ0v) is 19.9. The van der Waals surface area contributed by atoms with Crippen LogP contribution in [0, 0.1) is 12.8 Å². The molecular formula is C21H35IN4O3. The molecule has 0 aromatic heterocycles. The molecule has 1 atom stereocenters. The van der Waals surface area contributed by atoms with Crippen molar-refractivity contribution in [2.45, 2.75) is 19.9 Å². The van der Waals surface area contributed by atoms with Crippen LogP contribution in [0.3, 0.4) is 0 Å². The first-order chi connectivity index (χ1) is 13.7. The van der Waals surface area contributed by atoms with E-state index in [1.807, 2.05) is 0 Å². The van der Waals surface area contributed by atoms with Gasteiger partial charge in [0.15, 0.2) is 5.96 Å². The summed E-state index contributed by atoms with van der Waals surface area (Å²) in [4.78, 5) is 6.74. The number of aliphatic imine (C=N–C) groups is 1. The van der Waals surface area contributed by atoms with Crippen LogP contribution in [0.15, 0.2) is 23.2 Å². The lowest BCUT2D eigenvalue weighted by Crippen LogP contribution is -2.44. The predicted molar refractivity (Wildman–Crippen MR) is 126 cm³/mol. The van der Waals surface area contributed by atoms with Gasteiger partial charge in [-0.3, -0.25) is 9.89 Å². The van der Waals surface area contributed by atoms with Gasteiger partial charge in [-0.2, -0.15) is 0 Å². The summed E-state index contributed by atoms with van der Waals surface area (Å²) in [7, 11) is 1.80. The minimum atomic E-state index is 0. The van der Waals surface area contributed by atoms with Crippen LogP contribution in [-0.2, 0) is 16.0 Å². The second-order valence-electron chi connectivity index (χ2n) is 7.46. The van der Waals surface area contributed by atoms with E-state index < -0.39 is 0 Å². The van der Waals surface area contributed by atoms with Crippen LogP contribution in [0.2, 0.25) is 0 Å². The van der Waals surface area contributed by atoms with Gasteiger partial charge in [-0.15, -0.1) is 24.0 Å². The Bertz CT molecular complexity index is 632. The second kappa shape index (κ2) is 13.3. The highest BCUT2D eigenvalue weighted by Crippen LogP contribution is 2.22. The third kappa shape index (κ3) is 8.27. The number of benzene rings is 1. The molecule has 1 aromatic rings. The maximum Gasteiger partial charge on any atom is 0.191 e. The lowest BCUT2D eigenvalue weighted by atomic mass is 10.1. The summed E-state index contributed by atoms with van der Waals surface area (Å²) in [6.07, 6.45) is 1.08. The highest BCUT2D eigenvalue weighted by Gasteiger charge is 2.17. The number of rotatable bonds is 8. The van der Waals surface area contributed by atoms with Crippen molar-refractivity contribution in [3.8, 4) is 5.75 Å². The van der Waals surface area contributed by atoms with Crippen molar-refractivity contribution in [1.82, 2.24) is 15.5 Å². The standard InChI is InChI=1S/C21H34N4O3.HI/c1-17-3-4-19(20(13-17)28-16-18-5-10-27-15-18)14-24-21(22-2)23-6-7-25-8-11-26-12-9-25;/h3-4,13,18H,5-12,14-16H2,1-2H3,(H2,22,23,24);1H. The van der Waals surface area contributed by atoms with Crippen LogP contribution in [0.1, 0.15) is 17.5 Å². The summed E-state index contributed by atoms with van der Waals surface area (Å²) in [5, 5.41) is 6.80. The fraction of sp³-hybridized carbons (Fsp3) is 0.667. The fourth-order valence-electron chi connectivity index (χ4n) is 3.42. The van der Waals surface area contributed by atoms with E-state index >= 15 is 0 Å². The van der Waals surface area contributed by atoms with E-state index in [2.05, 4.69) is 45.6 Å². The first kappa shape index (κ1) is 24.2. The lowest BCUT2D eigenvalue weighted by Gasteiger charge is -2.26. The Balaban J connectivity index is 0.00000300. The zero-order valence-electron chi connectivity index (χ0n) is 17.6. The van der Waals surface area contributed by atoms with Gasteiger partial charge in [0.2, 0.25) is 0 Å². The Kier molecular flexibility index (Phi) is 11.0. The largest absolute Gasteiger partial charge is 0.493 e. The average molecular weight is 518 g/mol. The number of morpholine rings is 1. The Hall–Kier alpha value is -1.10. The maximum atomic E-state index is 6.13. The van der Waals surface area contributed by atoms with Crippen LogP contribution >= 0.6 is 24.0 Å². The molecule has 0 amide bonds. The van der Waals surface area contributed by atoms with Gasteiger partial charge in [0.25, 0.3) is 0 Å². The normalized spacial score (nSPS) is 20.2. The number of guanidine groups is 1. The average Bonchev–Trinajstić information content (AvgIpc) is 3.24. The SMILES string of the molecule is CN=C(NCCN1CCOCC1)NCc1ccc(C)cc1OCC1CCOC1.I. The second-order valence-corrected chi connectivity index (χ2v) is 7.46. The Morgan fingerprint density at radius 2 is 2.03 bits per heavy atom. The molecule has 7 nitrogen and oxygen atoms in total. The minimum Gasteiger partial charge on any atom is -0.493 e. The number of ether oxygens (including phenoxy) is 3. The van der Waals surface area contributed by atoms with Gasteiger partial charge in [0.1, 0.15) is 5.75 Å². The Labute approximate surface area is 191 Å². The molecular weight excluding hydrogens is 483 g/mol. The van der Waals surface area contributed by atoms with Crippen molar-refractivity contribution >= 4 is 29.9 Å². The Morgan fingerprint density at radius 3 is 2.76 bits per heavy atom. The van der Waals surface area contributed by atoms with Gasteiger partial charge in [-0.1, -0.05) is 12.1 Å². The van der Waals surface area contributed by atoms with E-state index in [1.165, 1.54) is 5.56 Å². The van der Waals surface area contributed by atoms with Crippen molar-refractivity contribution in [3.05, 3.63) is 29.3 Å². The number of hydrogen-bond acceptors (Lipinski definition) is 5. The van der Waals surface area contributed by atoms with E-state index in [1.54, 1.807) is 7.05 Å². The van der Waals surface area contributed by atoms with E-state index in [4.69, 9.17) is 14.2 Å². The number of halogens is 1. The molecule has 29 heavy (non-hydrogen) atoms.